The van der Waals surface area contributed by atoms with Crippen LogP contribution in [0.25, 0.3) is 0 Å². The van der Waals surface area contributed by atoms with Gasteiger partial charge in [-0.1, -0.05) is 13.8 Å². The molecule has 0 bridgehead atoms. The molecule has 0 aliphatic carbocycles. The summed E-state index contributed by atoms with van der Waals surface area (Å²) in [5.74, 6) is 0.303. The lowest BCUT2D eigenvalue weighted by Gasteiger charge is -2.33. The molecule has 100 valence electrons. The van der Waals surface area contributed by atoms with Crippen LogP contribution in [-0.2, 0) is 9.53 Å². The summed E-state index contributed by atoms with van der Waals surface area (Å²) in [6.45, 7) is 7.54. The van der Waals surface area contributed by atoms with E-state index >= 15 is 0 Å². The number of piperidine rings is 1. The quantitative estimate of drug-likeness (QED) is 0.739. The van der Waals surface area contributed by atoms with E-state index < -0.39 is 12.1 Å². The molecule has 1 saturated heterocycles. The molecule has 0 saturated carbocycles. The SMILES string of the molecule is COC(=O)C(O)C1CCN(CCC(C)C)CC1. The fraction of sp³-hybridized carbons (Fsp3) is 0.923. The number of methoxy groups -OCH3 is 1. The van der Waals surface area contributed by atoms with Crippen molar-refractivity contribution >= 4 is 5.97 Å². The van der Waals surface area contributed by atoms with Gasteiger partial charge in [0.2, 0.25) is 0 Å². The summed E-state index contributed by atoms with van der Waals surface area (Å²) in [5, 5.41) is 9.75. The zero-order chi connectivity index (χ0) is 12.8. The number of esters is 1. The average Bonchev–Trinajstić information content (AvgIpc) is 2.35. The maximum Gasteiger partial charge on any atom is 0.334 e. The molecule has 0 radical (unpaired) electrons. The molecule has 1 unspecified atom stereocenters. The molecular weight excluding hydrogens is 218 g/mol. The molecule has 1 aliphatic heterocycles. The van der Waals surface area contributed by atoms with Gasteiger partial charge in [-0.2, -0.15) is 0 Å². The second-order valence-electron chi connectivity index (χ2n) is 5.33. The van der Waals surface area contributed by atoms with Crippen molar-refractivity contribution < 1.29 is 14.6 Å². The molecule has 1 N–H and O–H groups in total. The molecule has 0 amide bonds. The second kappa shape index (κ2) is 6.97. The highest BCUT2D eigenvalue weighted by molar-refractivity contribution is 5.74. The van der Waals surface area contributed by atoms with Gasteiger partial charge in [0.25, 0.3) is 0 Å². The van der Waals surface area contributed by atoms with Crippen molar-refractivity contribution in [2.45, 2.75) is 39.2 Å². The molecule has 4 nitrogen and oxygen atoms in total. The number of likely N-dealkylation sites (tertiary alicyclic amines) is 1. The Kier molecular flexibility index (Phi) is 5.92. The van der Waals surface area contributed by atoms with Gasteiger partial charge in [0, 0.05) is 0 Å². The van der Waals surface area contributed by atoms with E-state index in [1.54, 1.807) is 0 Å². The third-order valence-electron chi connectivity index (χ3n) is 3.54. The molecule has 0 aromatic rings. The number of rotatable bonds is 5. The van der Waals surface area contributed by atoms with E-state index in [9.17, 15) is 9.90 Å². The van der Waals surface area contributed by atoms with Crippen molar-refractivity contribution in [3.8, 4) is 0 Å². The van der Waals surface area contributed by atoms with Crippen molar-refractivity contribution in [2.24, 2.45) is 11.8 Å². The molecular formula is C13H25NO3. The van der Waals surface area contributed by atoms with Gasteiger partial charge in [0.05, 0.1) is 7.11 Å². The Balaban J connectivity index is 2.28. The van der Waals surface area contributed by atoms with E-state index in [1.807, 2.05) is 0 Å². The molecule has 0 aromatic heterocycles. The Morgan fingerprint density at radius 2 is 2.00 bits per heavy atom. The first kappa shape index (κ1) is 14.5. The van der Waals surface area contributed by atoms with Crippen molar-refractivity contribution in [1.82, 2.24) is 4.90 Å². The molecule has 0 spiro atoms. The fourth-order valence-corrected chi connectivity index (χ4v) is 2.25. The Bertz CT molecular complexity index is 235. The maximum absolute atomic E-state index is 11.2. The lowest BCUT2D eigenvalue weighted by Crippen LogP contribution is -2.41. The van der Waals surface area contributed by atoms with Crippen molar-refractivity contribution in [2.75, 3.05) is 26.7 Å². The highest BCUT2D eigenvalue weighted by atomic mass is 16.5. The first-order valence-electron chi connectivity index (χ1n) is 6.52. The van der Waals surface area contributed by atoms with Gasteiger partial charge in [-0.05, 0) is 50.7 Å². The van der Waals surface area contributed by atoms with Crippen LogP contribution in [0.2, 0.25) is 0 Å². The van der Waals surface area contributed by atoms with Crippen molar-refractivity contribution in [1.29, 1.82) is 0 Å². The maximum atomic E-state index is 11.2. The topological polar surface area (TPSA) is 49.8 Å². The normalized spacial score (nSPS) is 20.5. The monoisotopic (exact) mass is 243 g/mol. The third-order valence-corrected chi connectivity index (χ3v) is 3.54. The lowest BCUT2D eigenvalue weighted by molar-refractivity contribution is -0.154. The molecule has 1 aliphatic rings. The van der Waals surface area contributed by atoms with Gasteiger partial charge in [0.1, 0.15) is 0 Å². The van der Waals surface area contributed by atoms with E-state index in [4.69, 9.17) is 0 Å². The smallest absolute Gasteiger partial charge is 0.334 e. The van der Waals surface area contributed by atoms with Crippen LogP contribution in [0.1, 0.15) is 33.1 Å². The highest BCUT2D eigenvalue weighted by Gasteiger charge is 2.30. The largest absolute Gasteiger partial charge is 0.467 e. The van der Waals surface area contributed by atoms with Gasteiger partial charge in [-0.3, -0.25) is 0 Å². The van der Waals surface area contributed by atoms with Gasteiger partial charge >= 0.3 is 5.97 Å². The summed E-state index contributed by atoms with van der Waals surface area (Å²) in [6, 6.07) is 0. The fourth-order valence-electron chi connectivity index (χ4n) is 2.25. The number of hydrogen-bond acceptors (Lipinski definition) is 4. The van der Waals surface area contributed by atoms with Crippen LogP contribution < -0.4 is 0 Å². The number of ether oxygens (including phenoxy) is 1. The standard InChI is InChI=1S/C13H25NO3/c1-10(2)4-7-14-8-5-11(6-9-14)12(15)13(16)17-3/h10-12,15H,4-9H2,1-3H3. The van der Waals surface area contributed by atoms with Crippen LogP contribution in [0.15, 0.2) is 0 Å². The molecule has 0 aromatic carbocycles. The average molecular weight is 243 g/mol. The predicted molar refractivity (Wildman–Crippen MR) is 66.6 cm³/mol. The first-order valence-corrected chi connectivity index (χ1v) is 6.52. The molecule has 1 rings (SSSR count). The van der Waals surface area contributed by atoms with Crippen LogP contribution in [0.5, 0.6) is 0 Å². The first-order chi connectivity index (χ1) is 8.04. The second-order valence-corrected chi connectivity index (χ2v) is 5.33. The van der Waals surface area contributed by atoms with Crippen molar-refractivity contribution in [3.63, 3.8) is 0 Å². The Hall–Kier alpha value is -0.610. The number of aliphatic hydroxyl groups excluding tert-OH is 1. The van der Waals surface area contributed by atoms with E-state index in [0.717, 1.165) is 38.4 Å². The highest BCUT2D eigenvalue weighted by Crippen LogP contribution is 2.21. The van der Waals surface area contributed by atoms with E-state index in [-0.39, 0.29) is 5.92 Å². The van der Waals surface area contributed by atoms with Gasteiger partial charge < -0.3 is 14.7 Å². The van der Waals surface area contributed by atoms with Gasteiger partial charge in [-0.15, -0.1) is 0 Å². The molecule has 1 heterocycles. The Morgan fingerprint density at radius 3 is 2.47 bits per heavy atom. The summed E-state index contributed by atoms with van der Waals surface area (Å²) in [6.07, 6.45) is 2.04. The van der Waals surface area contributed by atoms with Crippen LogP contribution in [0.3, 0.4) is 0 Å². The number of carbonyl (C=O) groups excluding carboxylic acids is 1. The number of hydrogen-bond donors (Lipinski definition) is 1. The van der Waals surface area contributed by atoms with Crippen LogP contribution >= 0.6 is 0 Å². The summed E-state index contributed by atoms with van der Waals surface area (Å²) >= 11 is 0. The summed E-state index contributed by atoms with van der Waals surface area (Å²) in [4.78, 5) is 13.6. The molecule has 17 heavy (non-hydrogen) atoms. The van der Waals surface area contributed by atoms with Crippen LogP contribution in [0.4, 0.5) is 0 Å². The lowest BCUT2D eigenvalue weighted by atomic mass is 9.91. The minimum absolute atomic E-state index is 0.0674. The summed E-state index contributed by atoms with van der Waals surface area (Å²) in [7, 11) is 1.32. The Labute approximate surface area is 104 Å². The summed E-state index contributed by atoms with van der Waals surface area (Å²) < 4.78 is 4.57. The van der Waals surface area contributed by atoms with E-state index in [2.05, 4.69) is 23.5 Å². The molecule has 1 atom stereocenters. The number of aliphatic hydroxyl groups is 1. The van der Waals surface area contributed by atoms with E-state index in [1.165, 1.54) is 13.5 Å². The zero-order valence-corrected chi connectivity index (χ0v) is 11.2. The minimum atomic E-state index is -0.938. The number of carbonyl (C=O) groups is 1. The van der Waals surface area contributed by atoms with Gasteiger partial charge in [0.15, 0.2) is 6.10 Å². The predicted octanol–water partition coefficient (Wildman–Crippen LogP) is 1.28. The third kappa shape index (κ3) is 4.64. The zero-order valence-electron chi connectivity index (χ0n) is 11.2. The van der Waals surface area contributed by atoms with Crippen LogP contribution in [0, 0.1) is 11.8 Å². The van der Waals surface area contributed by atoms with Crippen molar-refractivity contribution in [3.05, 3.63) is 0 Å². The van der Waals surface area contributed by atoms with Crippen LogP contribution in [-0.4, -0.2) is 48.8 Å². The van der Waals surface area contributed by atoms with Gasteiger partial charge in [-0.25, -0.2) is 4.79 Å². The molecule has 1 fully saturated rings. The van der Waals surface area contributed by atoms with E-state index in [0.29, 0.717) is 0 Å². The molecule has 4 heteroatoms. The number of nitrogens with zero attached hydrogens (tertiary/aromatic N) is 1. The minimum Gasteiger partial charge on any atom is -0.467 e. The summed E-state index contributed by atoms with van der Waals surface area (Å²) in [5.41, 5.74) is 0. The Morgan fingerprint density at radius 1 is 1.41 bits per heavy atom.